The van der Waals surface area contributed by atoms with Crippen molar-refractivity contribution in [1.82, 2.24) is 0 Å². The standard InChI is InChI=1S/C38H30S8/c1-5-23-19-33(45-37(23)31-13-9-27(43-31)25-7-11-29(41-25)35-21(3)15-17-39-35)34-20-24(6-2)38(46-34)32-14-10-28(44-32)26-8-12-30(42-26)36-22(4)16-18-40-36/h7-20H,5-6H2,1-4H3. The van der Waals surface area contributed by atoms with Gasteiger partial charge in [-0.1, -0.05) is 13.8 Å². The van der Waals surface area contributed by atoms with Crippen molar-refractivity contribution in [3.8, 4) is 68.3 Å². The van der Waals surface area contributed by atoms with Crippen molar-refractivity contribution in [1.29, 1.82) is 0 Å². The Balaban J connectivity index is 1.07. The van der Waals surface area contributed by atoms with Gasteiger partial charge in [-0.2, -0.15) is 0 Å². The molecule has 0 unspecified atom stereocenters. The molecule has 0 saturated heterocycles. The van der Waals surface area contributed by atoms with Crippen molar-refractivity contribution in [3.05, 3.63) is 106 Å². The molecule has 0 amide bonds. The fraction of sp³-hybridized carbons (Fsp3) is 0.158. The van der Waals surface area contributed by atoms with Crippen LogP contribution in [-0.2, 0) is 12.8 Å². The van der Waals surface area contributed by atoms with Crippen LogP contribution < -0.4 is 0 Å². The van der Waals surface area contributed by atoms with Crippen molar-refractivity contribution in [3.63, 3.8) is 0 Å². The summed E-state index contributed by atoms with van der Waals surface area (Å²) in [6.45, 7) is 9.00. The van der Waals surface area contributed by atoms with E-state index in [1.807, 2.05) is 90.7 Å². The summed E-state index contributed by atoms with van der Waals surface area (Å²) in [6, 6.07) is 27.8. The van der Waals surface area contributed by atoms with Crippen LogP contribution in [0.25, 0.3) is 68.3 Å². The number of thiophene rings is 8. The van der Waals surface area contributed by atoms with Crippen molar-refractivity contribution < 1.29 is 0 Å². The van der Waals surface area contributed by atoms with E-state index in [0.717, 1.165) is 12.8 Å². The van der Waals surface area contributed by atoms with E-state index in [9.17, 15) is 0 Å². The molecule has 0 aliphatic rings. The van der Waals surface area contributed by atoms with Crippen LogP contribution in [-0.4, -0.2) is 0 Å². The highest BCUT2D eigenvalue weighted by molar-refractivity contribution is 7.31. The monoisotopic (exact) mass is 742 g/mol. The first-order chi connectivity index (χ1) is 22.5. The summed E-state index contributed by atoms with van der Waals surface area (Å²) in [4.78, 5) is 19.4. The summed E-state index contributed by atoms with van der Waals surface area (Å²) in [5, 5.41) is 4.39. The molecule has 0 saturated carbocycles. The number of rotatable bonds is 9. The fourth-order valence-electron chi connectivity index (χ4n) is 5.66. The highest BCUT2D eigenvalue weighted by Crippen LogP contribution is 2.50. The first kappa shape index (κ1) is 30.9. The Labute approximate surface area is 302 Å². The van der Waals surface area contributed by atoms with Crippen molar-refractivity contribution in [2.75, 3.05) is 0 Å². The van der Waals surface area contributed by atoms with Crippen molar-refractivity contribution in [2.45, 2.75) is 40.5 Å². The molecule has 8 heteroatoms. The largest absolute Gasteiger partial charge is 0.143 e. The van der Waals surface area contributed by atoms with Crippen LogP contribution in [0.3, 0.4) is 0 Å². The SMILES string of the molecule is CCc1cc(-c2cc(CC)c(-c3ccc(-c4ccc(-c5sccc5C)s4)s3)s2)sc1-c1ccc(-c2ccc(-c3sccc3C)s2)s1. The molecule has 0 aromatic carbocycles. The molecule has 0 spiro atoms. The third kappa shape index (κ3) is 5.71. The molecule has 8 aromatic heterocycles. The highest BCUT2D eigenvalue weighted by atomic mass is 32.1. The summed E-state index contributed by atoms with van der Waals surface area (Å²) >= 11 is 15.3. The first-order valence-corrected chi connectivity index (χ1v) is 21.9. The molecule has 0 bridgehead atoms. The zero-order chi connectivity index (χ0) is 31.4. The maximum Gasteiger partial charge on any atom is 0.0481 e. The van der Waals surface area contributed by atoms with Crippen LogP contribution in [0.15, 0.2) is 83.6 Å². The van der Waals surface area contributed by atoms with Crippen LogP contribution in [0.1, 0.15) is 36.1 Å². The van der Waals surface area contributed by atoms with E-state index in [4.69, 9.17) is 0 Å². The van der Waals surface area contributed by atoms with E-state index in [0.29, 0.717) is 0 Å². The summed E-state index contributed by atoms with van der Waals surface area (Å²) < 4.78 is 0. The van der Waals surface area contributed by atoms with Gasteiger partial charge in [0.2, 0.25) is 0 Å². The van der Waals surface area contributed by atoms with E-state index < -0.39 is 0 Å². The van der Waals surface area contributed by atoms with Gasteiger partial charge in [-0.05, 0) is 132 Å². The third-order valence-electron chi connectivity index (χ3n) is 8.15. The van der Waals surface area contributed by atoms with Gasteiger partial charge < -0.3 is 0 Å². The zero-order valence-corrected chi connectivity index (χ0v) is 32.3. The third-order valence-corrected chi connectivity index (χ3v) is 18.2. The van der Waals surface area contributed by atoms with E-state index in [2.05, 4.69) is 111 Å². The van der Waals surface area contributed by atoms with Gasteiger partial charge in [0.15, 0.2) is 0 Å². The molecule has 46 heavy (non-hydrogen) atoms. The van der Waals surface area contributed by atoms with E-state index in [1.165, 1.54) is 90.5 Å². The average molecular weight is 743 g/mol. The Morgan fingerprint density at radius 1 is 0.370 bits per heavy atom. The first-order valence-electron chi connectivity index (χ1n) is 15.2. The molecule has 8 heterocycles. The van der Waals surface area contributed by atoms with E-state index >= 15 is 0 Å². The molecule has 230 valence electrons. The van der Waals surface area contributed by atoms with Gasteiger partial charge in [0.25, 0.3) is 0 Å². The molecule has 0 aliphatic carbocycles. The van der Waals surface area contributed by atoms with E-state index in [1.54, 1.807) is 0 Å². The van der Waals surface area contributed by atoms with Crippen LogP contribution in [0, 0.1) is 13.8 Å². The van der Waals surface area contributed by atoms with Gasteiger partial charge in [-0.3, -0.25) is 0 Å². The molecule has 0 N–H and O–H groups in total. The minimum absolute atomic E-state index is 1.04. The van der Waals surface area contributed by atoms with Crippen LogP contribution >= 0.6 is 90.7 Å². The molecule has 0 nitrogen and oxygen atoms in total. The summed E-state index contributed by atoms with van der Waals surface area (Å²) in [5.74, 6) is 0. The number of hydrogen-bond acceptors (Lipinski definition) is 8. The van der Waals surface area contributed by atoms with Gasteiger partial charge in [0.1, 0.15) is 0 Å². The predicted molar refractivity (Wildman–Crippen MR) is 216 cm³/mol. The summed E-state index contributed by atoms with van der Waals surface area (Å²) in [6.07, 6.45) is 2.08. The van der Waals surface area contributed by atoms with Gasteiger partial charge in [0, 0.05) is 68.3 Å². The maximum atomic E-state index is 2.46. The van der Waals surface area contributed by atoms with Crippen molar-refractivity contribution in [2.24, 2.45) is 0 Å². The lowest BCUT2D eigenvalue weighted by atomic mass is 10.1. The van der Waals surface area contributed by atoms with E-state index in [-0.39, 0.29) is 0 Å². The quantitative estimate of drug-likeness (QED) is 0.138. The summed E-state index contributed by atoms with van der Waals surface area (Å²) in [5.41, 5.74) is 5.64. The van der Waals surface area contributed by atoms with Crippen LogP contribution in [0.4, 0.5) is 0 Å². The summed E-state index contributed by atoms with van der Waals surface area (Å²) in [7, 11) is 0. The lowest BCUT2D eigenvalue weighted by molar-refractivity contribution is 1.16. The Morgan fingerprint density at radius 3 is 1.00 bits per heavy atom. The topological polar surface area (TPSA) is 0 Å². The molecule has 0 atom stereocenters. The van der Waals surface area contributed by atoms with Crippen LogP contribution in [0.2, 0.25) is 0 Å². The van der Waals surface area contributed by atoms with Crippen LogP contribution in [0.5, 0.6) is 0 Å². The fourth-order valence-corrected chi connectivity index (χ4v) is 15.0. The molecule has 0 fully saturated rings. The minimum Gasteiger partial charge on any atom is -0.143 e. The second-order valence-electron chi connectivity index (χ2n) is 11.2. The smallest absolute Gasteiger partial charge is 0.0481 e. The maximum absolute atomic E-state index is 2.46. The molecule has 8 aromatic rings. The van der Waals surface area contributed by atoms with Gasteiger partial charge in [-0.15, -0.1) is 90.7 Å². The molecule has 0 radical (unpaired) electrons. The Kier molecular flexibility index (Phi) is 8.67. The number of aryl methyl sites for hydroxylation is 4. The van der Waals surface area contributed by atoms with Gasteiger partial charge >= 0.3 is 0 Å². The lowest BCUT2D eigenvalue weighted by Gasteiger charge is -1.97. The Morgan fingerprint density at radius 2 is 0.696 bits per heavy atom. The van der Waals surface area contributed by atoms with Crippen molar-refractivity contribution >= 4 is 90.7 Å². The van der Waals surface area contributed by atoms with Gasteiger partial charge in [-0.25, -0.2) is 0 Å². The molecule has 0 aliphatic heterocycles. The lowest BCUT2D eigenvalue weighted by Crippen LogP contribution is -1.76. The Hall–Kier alpha value is -2.40. The van der Waals surface area contributed by atoms with Gasteiger partial charge in [0.05, 0.1) is 0 Å². The second kappa shape index (κ2) is 12.9. The number of hydrogen-bond donors (Lipinski definition) is 0. The molecule has 8 rings (SSSR count). The second-order valence-corrected chi connectivity index (χ2v) is 19.4. The molecular weight excluding hydrogens is 713 g/mol. The Bertz CT molecular complexity index is 2110. The predicted octanol–water partition coefficient (Wildman–Crippen LogP) is 15.6. The minimum atomic E-state index is 1.04. The zero-order valence-electron chi connectivity index (χ0n) is 25.8. The average Bonchev–Trinajstić information content (AvgIpc) is 3.90. The highest BCUT2D eigenvalue weighted by Gasteiger charge is 2.20. The molecular formula is C38H30S8. The normalized spacial score (nSPS) is 11.7.